The highest BCUT2D eigenvalue weighted by molar-refractivity contribution is 6.32. The quantitative estimate of drug-likeness (QED) is 0.455. The van der Waals surface area contributed by atoms with Crippen molar-refractivity contribution in [1.29, 1.82) is 0 Å². The van der Waals surface area contributed by atoms with Crippen LogP contribution >= 0.6 is 23.2 Å². The van der Waals surface area contributed by atoms with Gasteiger partial charge < -0.3 is 19.3 Å². The summed E-state index contributed by atoms with van der Waals surface area (Å²) in [5, 5.41) is 8.90. The van der Waals surface area contributed by atoms with Crippen molar-refractivity contribution < 1.29 is 19.3 Å². The van der Waals surface area contributed by atoms with Gasteiger partial charge in [-0.05, 0) is 17.7 Å². The Kier molecular flexibility index (Phi) is 7.39. The first-order chi connectivity index (χ1) is 8.69. The Balaban J connectivity index is 2.47. The lowest BCUT2D eigenvalue weighted by Gasteiger charge is -2.11. The van der Waals surface area contributed by atoms with Crippen LogP contribution in [0.2, 0.25) is 5.02 Å². The van der Waals surface area contributed by atoms with Crippen LogP contribution in [0.5, 0.6) is 5.75 Å². The van der Waals surface area contributed by atoms with Crippen molar-refractivity contribution in [1.82, 2.24) is 0 Å². The lowest BCUT2D eigenvalue weighted by molar-refractivity contribution is -0.00843. The molecule has 0 amide bonds. The molecule has 6 heteroatoms. The van der Waals surface area contributed by atoms with Gasteiger partial charge in [0.1, 0.15) is 5.75 Å². The molecule has 1 atom stereocenters. The van der Waals surface area contributed by atoms with Gasteiger partial charge in [-0.25, -0.2) is 0 Å². The molecule has 4 nitrogen and oxygen atoms in total. The van der Waals surface area contributed by atoms with Gasteiger partial charge in [0.15, 0.2) is 6.79 Å². The van der Waals surface area contributed by atoms with Gasteiger partial charge in [-0.15, -0.1) is 11.6 Å². The van der Waals surface area contributed by atoms with Crippen molar-refractivity contribution in [2.24, 2.45) is 0 Å². The number of hydrogen-bond donors (Lipinski definition) is 1. The van der Waals surface area contributed by atoms with E-state index in [4.69, 9.17) is 42.5 Å². The van der Waals surface area contributed by atoms with Crippen LogP contribution in [-0.2, 0) is 9.47 Å². The second-order valence-corrected chi connectivity index (χ2v) is 4.44. The summed E-state index contributed by atoms with van der Waals surface area (Å²) in [7, 11) is 1.60. The second kappa shape index (κ2) is 8.56. The first-order valence-electron chi connectivity index (χ1n) is 5.43. The molecule has 102 valence electrons. The highest BCUT2D eigenvalue weighted by atomic mass is 35.5. The van der Waals surface area contributed by atoms with Crippen LogP contribution in [0.3, 0.4) is 0 Å². The van der Waals surface area contributed by atoms with E-state index in [0.29, 0.717) is 24.0 Å². The van der Waals surface area contributed by atoms with Gasteiger partial charge in [-0.1, -0.05) is 17.7 Å². The van der Waals surface area contributed by atoms with Crippen LogP contribution in [0.4, 0.5) is 0 Å². The van der Waals surface area contributed by atoms with Crippen molar-refractivity contribution >= 4 is 23.2 Å². The molecule has 0 radical (unpaired) electrons. The number of benzene rings is 1. The summed E-state index contributed by atoms with van der Waals surface area (Å²) in [4.78, 5) is 0. The number of aliphatic hydroxyl groups excluding tert-OH is 1. The van der Waals surface area contributed by atoms with Crippen molar-refractivity contribution in [2.75, 3.05) is 33.7 Å². The molecule has 1 N–H and O–H groups in total. The summed E-state index contributed by atoms with van der Waals surface area (Å²) in [6.07, 6.45) is 0. The van der Waals surface area contributed by atoms with Crippen molar-refractivity contribution in [2.45, 2.75) is 5.38 Å². The standard InChI is InChI=1S/C12H16Cl2O4/c1-16-4-5-17-8-18-12-3-2-9(6-10(12)13)11(14)7-15/h2-3,6,11,15H,4-5,7-8H2,1H3. The Morgan fingerprint density at radius 2 is 2.11 bits per heavy atom. The van der Waals surface area contributed by atoms with E-state index in [2.05, 4.69) is 0 Å². The molecule has 0 spiro atoms. The minimum Gasteiger partial charge on any atom is -0.466 e. The molecule has 0 aliphatic rings. The average Bonchev–Trinajstić information content (AvgIpc) is 2.39. The van der Waals surface area contributed by atoms with E-state index in [9.17, 15) is 0 Å². The van der Waals surface area contributed by atoms with Gasteiger partial charge in [-0.3, -0.25) is 0 Å². The van der Waals surface area contributed by atoms with E-state index in [1.165, 1.54) is 0 Å². The largest absolute Gasteiger partial charge is 0.466 e. The van der Waals surface area contributed by atoms with E-state index in [1.807, 2.05) is 0 Å². The monoisotopic (exact) mass is 294 g/mol. The van der Waals surface area contributed by atoms with Gasteiger partial charge in [0.25, 0.3) is 0 Å². The minimum atomic E-state index is -0.463. The number of hydrogen-bond acceptors (Lipinski definition) is 4. The highest BCUT2D eigenvalue weighted by Gasteiger charge is 2.09. The summed E-state index contributed by atoms with van der Waals surface area (Å²) in [5.74, 6) is 0.514. The van der Waals surface area contributed by atoms with E-state index in [-0.39, 0.29) is 13.4 Å². The fraction of sp³-hybridized carbons (Fsp3) is 0.500. The van der Waals surface area contributed by atoms with Crippen LogP contribution in [-0.4, -0.2) is 38.8 Å². The molecule has 0 saturated carbocycles. The lowest BCUT2D eigenvalue weighted by atomic mass is 10.1. The Morgan fingerprint density at radius 1 is 1.33 bits per heavy atom. The normalized spacial score (nSPS) is 12.4. The Hall–Kier alpha value is -0.520. The van der Waals surface area contributed by atoms with Crippen molar-refractivity contribution in [3.05, 3.63) is 28.8 Å². The predicted octanol–water partition coefficient (Wildman–Crippen LogP) is 2.61. The molecule has 0 aliphatic carbocycles. The molecule has 0 fully saturated rings. The second-order valence-electron chi connectivity index (χ2n) is 3.50. The molecule has 1 aromatic carbocycles. The van der Waals surface area contributed by atoms with Crippen LogP contribution in [0.25, 0.3) is 0 Å². The summed E-state index contributed by atoms with van der Waals surface area (Å²) in [5.41, 5.74) is 0.747. The number of rotatable bonds is 8. The molecule has 0 bridgehead atoms. The maximum absolute atomic E-state index is 8.93. The third kappa shape index (κ3) is 5.00. The van der Waals surface area contributed by atoms with E-state index in [1.54, 1.807) is 25.3 Å². The van der Waals surface area contributed by atoms with Crippen molar-refractivity contribution in [3.8, 4) is 5.75 Å². The third-order valence-corrected chi connectivity index (χ3v) is 2.89. The summed E-state index contributed by atoms with van der Waals surface area (Å²) >= 11 is 11.9. The molecular formula is C12H16Cl2O4. The minimum absolute atomic E-state index is 0.104. The molecule has 18 heavy (non-hydrogen) atoms. The topological polar surface area (TPSA) is 47.9 Å². The fourth-order valence-electron chi connectivity index (χ4n) is 1.24. The van der Waals surface area contributed by atoms with E-state index in [0.717, 1.165) is 5.56 Å². The molecule has 1 aromatic rings. The van der Waals surface area contributed by atoms with E-state index >= 15 is 0 Å². The van der Waals surface area contributed by atoms with Crippen molar-refractivity contribution in [3.63, 3.8) is 0 Å². The van der Waals surface area contributed by atoms with Gasteiger partial charge in [0.05, 0.1) is 30.2 Å². The van der Waals surface area contributed by atoms with Crippen LogP contribution in [0, 0.1) is 0 Å². The predicted molar refractivity (Wildman–Crippen MR) is 70.5 cm³/mol. The maximum atomic E-state index is 8.93. The SMILES string of the molecule is COCCOCOc1ccc(C(Cl)CO)cc1Cl. The van der Waals surface area contributed by atoms with E-state index < -0.39 is 5.38 Å². The van der Waals surface area contributed by atoms with Gasteiger partial charge in [-0.2, -0.15) is 0 Å². The Morgan fingerprint density at radius 3 is 2.72 bits per heavy atom. The summed E-state index contributed by atoms with van der Waals surface area (Å²) in [6, 6.07) is 5.12. The third-order valence-electron chi connectivity index (χ3n) is 2.21. The zero-order valence-electron chi connectivity index (χ0n) is 10.1. The zero-order chi connectivity index (χ0) is 13.4. The zero-order valence-corrected chi connectivity index (χ0v) is 11.6. The van der Waals surface area contributed by atoms with Gasteiger partial charge >= 0.3 is 0 Å². The molecule has 0 heterocycles. The lowest BCUT2D eigenvalue weighted by Crippen LogP contribution is -2.08. The fourth-order valence-corrected chi connectivity index (χ4v) is 1.62. The Bertz CT molecular complexity index is 360. The number of halogens is 2. The molecule has 1 rings (SSSR count). The molecule has 1 unspecified atom stereocenters. The molecular weight excluding hydrogens is 279 g/mol. The van der Waals surface area contributed by atoms with Gasteiger partial charge in [0.2, 0.25) is 0 Å². The van der Waals surface area contributed by atoms with Crippen LogP contribution in [0.15, 0.2) is 18.2 Å². The summed E-state index contributed by atoms with van der Waals surface area (Å²) < 4.78 is 15.3. The van der Waals surface area contributed by atoms with Crippen LogP contribution < -0.4 is 4.74 Å². The Labute approximate surface area is 116 Å². The molecule has 0 saturated heterocycles. The molecule has 0 aliphatic heterocycles. The first-order valence-corrected chi connectivity index (χ1v) is 6.24. The number of methoxy groups -OCH3 is 1. The smallest absolute Gasteiger partial charge is 0.189 e. The van der Waals surface area contributed by atoms with Crippen LogP contribution in [0.1, 0.15) is 10.9 Å². The van der Waals surface area contributed by atoms with Gasteiger partial charge in [0, 0.05) is 7.11 Å². The number of aliphatic hydroxyl groups is 1. The summed E-state index contributed by atoms with van der Waals surface area (Å²) in [6.45, 7) is 0.936. The number of alkyl halides is 1. The number of ether oxygens (including phenoxy) is 3. The maximum Gasteiger partial charge on any atom is 0.189 e. The first kappa shape index (κ1) is 15.5. The average molecular weight is 295 g/mol. The highest BCUT2D eigenvalue weighted by Crippen LogP contribution is 2.29. The molecule has 0 aromatic heterocycles.